The van der Waals surface area contributed by atoms with Crippen molar-refractivity contribution < 1.29 is 19.3 Å². The normalized spacial score (nSPS) is 12.1. The summed E-state index contributed by atoms with van der Waals surface area (Å²) >= 11 is 0. The summed E-state index contributed by atoms with van der Waals surface area (Å²) in [5.41, 5.74) is 2.28. The Morgan fingerprint density at radius 2 is 1.55 bits per heavy atom. The number of aliphatic hydroxyl groups excluding tert-OH is 1. The van der Waals surface area contributed by atoms with Crippen molar-refractivity contribution in [3.05, 3.63) is 53.6 Å². The predicted octanol–water partition coefficient (Wildman–Crippen LogP) is 3.08. The number of hydrogen-bond donors (Lipinski definition) is 2. The van der Waals surface area contributed by atoms with Crippen molar-refractivity contribution in [3.8, 4) is 17.2 Å². The van der Waals surface area contributed by atoms with Crippen LogP contribution in [0, 0.1) is 0 Å². The highest BCUT2D eigenvalue weighted by Gasteiger charge is 2.12. The van der Waals surface area contributed by atoms with Crippen molar-refractivity contribution in [2.75, 3.05) is 40.5 Å². The topological polar surface area (TPSA) is 63.2 Å². The van der Waals surface area contributed by atoms with Crippen LogP contribution in [0.3, 0.4) is 0 Å². The Balaban J connectivity index is 1.89. The fourth-order valence-corrected chi connectivity index (χ4v) is 3.06. The van der Waals surface area contributed by atoms with Crippen LogP contribution in [-0.2, 0) is 13.1 Å². The summed E-state index contributed by atoms with van der Waals surface area (Å²) in [6, 6.07) is 13.9. The molecule has 2 rings (SSSR count). The van der Waals surface area contributed by atoms with Crippen molar-refractivity contribution in [3.63, 3.8) is 0 Å². The maximum Gasteiger partial charge on any atom is 0.161 e. The van der Waals surface area contributed by atoms with Crippen LogP contribution in [0.5, 0.6) is 17.2 Å². The molecule has 0 bridgehead atoms. The van der Waals surface area contributed by atoms with Gasteiger partial charge in [-0.3, -0.25) is 0 Å². The Morgan fingerprint density at radius 3 is 2.17 bits per heavy atom. The standard InChI is InChI=1S/C23H34N2O4/c1-5-25(6-2)16-20(26)17-29-23-13-19(9-12-22(23)28-4)15-24-14-18-7-10-21(27-3)11-8-18/h7-13,20,24,26H,5-6,14-17H2,1-4H3. The lowest BCUT2D eigenvalue weighted by Gasteiger charge is -2.22. The predicted molar refractivity (Wildman–Crippen MR) is 116 cm³/mol. The first-order valence-electron chi connectivity index (χ1n) is 10.1. The van der Waals surface area contributed by atoms with Gasteiger partial charge in [0.2, 0.25) is 0 Å². The Kier molecular flexibility index (Phi) is 9.77. The van der Waals surface area contributed by atoms with Crippen LogP contribution in [0.2, 0.25) is 0 Å². The van der Waals surface area contributed by atoms with E-state index in [0.717, 1.165) is 30.9 Å². The van der Waals surface area contributed by atoms with Crippen LogP contribution >= 0.6 is 0 Å². The number of nitrogens with one attached hydrogen (secondary N) is 1. The van der Waals surface area contributed by atoms with E-state index in [2.05, 4.69) is 24.1 Å². The lowest BCUT2D eigenvalue weighted by molar-refractivity contribution is 0.0705. The van der Waals surface area contributed by atoms with Gasteiger partial charge in [-0.2, -0.15) is 0 Å². The Morgan fingerprint density at radius 1 is 0.897 bits per heavy atom. The zero-order chi connectivity index (χ0) is 21.1. The number of ether oxygens (including phenoxy) is 3. The molecule has 0 amide bonds. The molecule has 0 aliphatic heterocycles. The molecule has 0 aliphatic carbocycles. The van der Waals surface area contributed by atoms with Gasteiger partial charge >= 0.3 is 0 Å². The van der Waals surface area contributed by atoms with Crippen LogP contribution in [-0.4, -0.2) is 56.6 Å². The average Bonchev–Trinajstić information content (AvgIpc) is 2.76. The monoisotopic (exact) mass is 402 g/mol. The van der Waals surface area contributed by atoms with E-state index in [9.17, 15) is 5.11 Å². The summed E-state index contributed by atoms with van der Waals surface area (Å²) < 4.78 is 16.5. The molecular weight excluding hydrogens is 368 g/mol. The molecule has 160 valence electrons. The van der Waals surface area contributed by atoms with Crippen molar-refractivity contribution in [2.24, 2.45) is 0 Å². The largest absolute Gasteiger partial charge is 0.497 e. The summed E-state index contributed by atoms with van der Waals surface area (Å²) in [6.07, 6.45) is -0.545. The molecule has 0 aliphatic rings. The highest BCUT2D eigenvalue weighted by molar-refractivity contribution is 5.43. The third-order valence-corrected chi connectivity index (χ3v) is 4.84. The smallest absolute Gasteiger partial charge is 0.161 e. The third-order valence-electron chi connectivity index (χ3n) is 4.84. The van der Waals surface area contributed by atoms with Gasteiger partial charge in [-0.25, -0.2) is 0 Å². The molecule has 1 atom stereocenters. The number of nitrogens with zero attached hydrogens (tertiary/aromatic N) is 1. The summed E-state index contributed by atoms with van der Waals surface area (Å²) in [7, 11) is 3.29. The van der Waals surface area contributed by atoms with Gasteiger partial charge < -0.3 is 29.5 Å². The summed E-state index contributed by atoms with van der Waals surface area (Å²) in [5.74, 6) is 2.17. The van der Waals surface area contributed by atoms with Crippen LogP contribution in [0.4, 0.5) is 0 Å². The quantitative estimate of drug-likeness (QED) is 0.537. The Hall–Kier alpha value is -2.28. The van der Waals surface area contributed by atoms with E-state index in [1.807, 2.05) is 42.5 Å². The number of aliphatic hydroxyl groups is 1. The van der Waals surface area contributed by atoms with Gasteiger partial charge in [0, 0.05) is 19.6 Å². The molecule has 6 nitrogen and oxygen atoms in total. The molecule has 2 aromatic rings. The van der Waals surface area contributed by atoms with Gasteiger partial charge in [0.05, 0.1) is 14.2 Å². The van der Waals surface area contributed by atoms with Crippen LogP contribution in [0.1, 0.15) is 25.0 Å². The Labute approximate surface area is 174 Å². The van der Waals surface area contributed by atoms with Crippen LogP contribution < -0.4 is 19.5 Å². The fourth-order valence-electron chi connectivity index (χ4n) is 3.06. The molecule has 0 spiro atoms. The summed E-state index contributed by atoms with van der Waals surface area (Å²) in [4.78, 5) is 2.17. The second kappa shape index (κ2) is 12.3. The molecule has 2 N–H and O–H groups in total. The highest BCUT2D eigenvalue weighted by atomic mass is 16.5. The minimum atomic E-state index is -0.545. The van der Waals surface area contributed by atoms with E-state index in [1.165, 1.54) is 5.56 Å². The first-order chi connectivity index (χ1) is 14.1. The van der Waals surface area contributed by atoms with E-state index in [0.29, 0.717) is 24.6 Å². The lowest BCUT2D eigenvalue weighted by Crippen LogP contribution is -2.35. The maximum absolute atomic E-state index is 10.3. The highest BCUT2D eigenvalue weighted by Crippen LogP contribution is 2.28. The first-order valence-corrected chi connectivity index (χ1v) is 10.1. The molecule has 29 heavy (non-hydrogen) atoms. The zero-order valence-corrected chi connectivity index (χ0v) is 18.0. The maximum atomic E-state index is 10.3. The third kappa shape index (κ3) is 7.57. The molecule has 2 aromatic carbocycles. The zero-order valence-electron chi connectivity index (χ0n) is 18.0. The van der Waals surface area contributed by atoms with E-state index in [-0.39, 0.29) is 6.61 Å². The number of benzene rings is 2. The van der Waals surface area contributed by atoms with E-state index < -0.39 is 6.10 Å². The van der Waals surface area contributed by atoms with Gasteiger partial charge in [-0.05, 0) is 48.5 Å². The molecule has 6 heteroatoms. The van der Waals surface area contributed by atoms with E-state index in [1.54, 1.807) is 14.2 Å². The number of likely N-dealkylation sites (N-methyl/N-ethyl adjacent to an activating group) is 1. The van der Waals surface area contributed by atoms with Gasteiger partial charge in [-0.15, -0.1) is 0 Å². The molecule has 1 unspecified atom stereocenters. The average molecular weight is 403 g/mol. The van der Waals surface area contributed by atoms with Gasteiger partial charge in [0.25, 0.3) is 0 Å². The fraction of sp³-hybridized carbons (Fsp3) is 0.478. The molecule has 0 heterocycles. The Bertz CT molecular complexity index is 717. The minimum Gasteiger partial charge on any atom is -0.497 e. The SMILES string of the molecule is CCN(CC)CC(O)COc1cc(CNCc2ccc(OC)cc2)ccc1OC. The molecule has 0 radical (unpaired) electrons. The van der Waals surface area contributed by atoms with Crippen molar-refractivity contribution >= 4 is 0 Å². The van der Waals surface area contributed by atoms with Gasteiger partial charge in [0.1, 0.15) is 18.5 Å². The molecular formula is C23H34N2O4. The van der Waals surface area contributed by atoms with Crippen molar-refractivity contribution in [2.45, 2.75) is 33.0 Å². The minimum absolute atomic E-state index is 0.232. The summed E-state index contributed by atoms with van der Waals surface area (Å²) in [6.45, 7) is 8.28. The number of rotatable bonds is 13. The van der Waals surface area contributed by atoms with Gasteiger partial charge in [-0.1, -0.05) is 32.0 Å². The number of methoxy groups -OCH3 is 2. The molecule has 0 saturated carbocycles. The second-order valence-electron chi connectivity index (χ2n) is 6.89. The van der Waals surface area contributed by atoms with E-state index >= 15 is 0 Å². The van der Waals surface area contributed by atoms with Gasteiger partial charge in [0.15, 0.2) is 11.5 Å². The molecule has 0 aromatic heterocycles. The van der Waals surface area contributed by atoms with Crippen molar-refractivity contribution in [1.29, 1.82) is 0 Å². The molecule has 0 fully saturated rings. The lowest BCUT2D eigenvalue weighted by atomic mass is 10.1. The van der Waals surface area contributed by atoms with E-state index in [4.69, 9.17) is 14.2 Å². The molecule has 0 saturated heterocycles. The van der Waals surface area contributed by atoms with Crippen LogP contribution in [0.15, 0.2) is 42.5 Å². The summed E-state index contributed by atoms with van der Waals surface area (Å²) in [5, 5.41) is 13.7. The van der Waals surface area contributed by atoms with Crippen LogP contribution in [0.25, 0.3) is 0 Å². The second-order valence-corrected chi connectivity index (χ2v) is 6.89. The van der Waals surface area contributed by atoms with Crippen molar-refractivity contribution in [1.82, 2.24) is 10.2 Å². The number of hydrogen-bond acceptors (Lipinski definition) is 6. The first kappa shape index (κ1) is 23.0.